The zero-order valence-electron chi connectivity index (χ0n) is 14.7. The molecular weight excluding hydrogens is 388 g/mol. The number of hydrogen-bond acceptors (Lipinski definition) is 5. The number of amides is 2. The second-order valence-electron chi connectivity index (χ2n) is 5.84. The molecule has 6 nitrogen and oxygen atoms in total. The zero-order valence-corrected chi connectivity index (χ0v) is 16.3. The number of nitrogens with zero attached hydrogens (tertiary/aromatic N) is 1. The molecule has 8 heteroatoms. The Kier molecular flexibility index (Phi) is 6.47. The summed E-state index contributed by atoms with van der Waals surface area (Å²) in [7, 11) is 1.58. The van der Waals surface area contributed by atoms with Crippen LogP contribution in [0.3, 0.4) is 0 Å². The first kappa shape index (κ1) is 19.4. The van der Waals surface area contributed by atoms with Gasteiger partial charge >= 0.3 is 0 Å². The first-order chi connectivity index (χ1) is 13.1. The predicted molar refractivity (Wildman–Crippen MR) is 107 cm³/mol. The third-order valence-electron chi connectivity index (χ3n) is 4.04. The lowest BCUT2D eigenvalue weighted by atomic mass is 10.2. The molecule has 2 aromatic rings. The molecule has 0 bridgehead atoms. The van der Waals surface area contributed by atoms with Gasteiger partial charge in [-0.05, 0) is 48.5 Å². The molecule has 1 unspecified atom stereocenters. The van der Waals surface area contributed by atoms with Crippen molar-refractivity contribution < 1.29 is 19.1 Å². The quantitative estimate of drug-likeness (QED) is 0.797. The third-order valence-corrected chi connectivity index (χ3v) is 5.30. The van der Waals surface area contributed by atoms with Crippen LogP contribution < -0.4 is 14.8 Å². The largest absolute Gasteiger partial charge is 0.497 e. The highest BCUT2D eigenvalue weighted by Crippen LogP contribution is 2.23. The molecule has 1 aliphatic rings. The Morgan fingerprint density at radius 3 is 2.48 bits per heavy atom. The number of halogens is 1. The van der Waals surface area contributed by atoms with Gasteiger partial charge in [0.25, 0.3) is 5.91 Å². The summed E-state index contributed by atoms with van der Waals surface area (Å²) in [5.74, 6) is 1.83. The van der Waals surface area contributed by atoms with Crippen LogP contribution in [0.25, 0.3) is 0 Å². The minimum absolute atomic E-state index is 0.130. The Labute approximate surface area is 166 Å². The van der Waals surface area contributed by atoms with Crippen molar-refractivity contribution in [1.29, 1.82) is 0 Å². The standard InChI is InChI=1S/C19H19ClN2O4S/c1-25-15-8-4-14(5-9-15)21-19(24)17-11-27-12-22(17)18(23)10-26-16-6-2-13(20)3-7-16/h2-9,17H,10-12H2,1H3,(H,21,24). The smallest absolute Gasteiger partial charge is 0.261 e. The minimum Gasteiger partial charge on any atom is -0.497 e. The third kappa shape index (κ3) is 5.08. The monoisotopic (exact) mass is 406 g/mol. The van der Waals surface area contributed by atoms with Crippen molar-refractivity contribution in [2.75, 3.05) is 30.7 Å². The molecule has 27 heavy (non-hydrogen) atoms. The van der Waals surface area contributed by atoms with Gasteiger partial charge in [-0.15, -0.1) is 11.8 Å². The van der Waals surface area contributed by atoms with Gasteiger partial charge in [0.05, 0.1) is 13.0 Å². The molecule has 1 N–H and O–H groups in total. The van der Waals surface area contributed by atoms with Crippen LogP contribution in [-0.2, 0) is 9.59 Å². The number of nitrogens with one attached hydrogen (secondary N) is 1. The van der Waals surface area contributed by atoms with Crippen LogP contribution >= 0.6 is 23.4 Å². The highest BCUT2D eigenvalue weighted by atomic mass is 35.5. The molecule has 0 aromatic heterocycles. The van der Waals surface area contributed by atoms with Gasteiger partial charge in [0.2, 0.25) is 5.91 Å². The number of methoxy groups -OCH3 is 1. The van der Waals surface area contributed by atoms with Crippen LogP contribution in [0.1, 0.15) is 0 Å². The molecule has 0 saturated carbocycles. The Balaban J connectivity index is 1.57. The van der Waals surface area contributed by atoms with Crippen molar-refractivity contribution in [3.05, 3.63) is 53.6 Å². The molecule has 1 heterocycles. The fourth-order valence-electron chi connectivity index (χ4n) is 2.56. The van der Waals surface area contributed by atoms with E-state index in [9.17, 15) is 9.59 Å². The average molecular weight is 407 g/mol. The van der Waals surface area contributed by atoms with Crippen molar-refractivity contribution in [3.8, 4) is 11.5 Å². The molecule has 0 spiro atoms. The van der Waals surface area contributed by atoms with Gasteiger partial charge in [-0.25, -0.2) is 0 Å². The SMILES string of the molecule is COc1ccc(NC(=O)C2CSCN2C(=O)COc2ccc(Cl)cc2)cc1. The van der Waals surface area contributed by atoms with E-state index in [2.05, 4.69) is 5.32 Å². The molecule has 1 aliphatic heterocycles. The number of thioether (sulfide) groups is 1. The Bertz CT molecular complexity index is 798. The molecular formula is C19H19ClN2O4S. The molecule has 142 valence electrons. The maximum atomic E-state index is 12.6. The van der Waals surface area contributed by atoms with Crippen LogP contribution in [0.15, 0.2) is 48.5 Å². The van der Waals surface area contributed by atoms with Crippen molar-refractivity contribution >= 4 is 40.9 Å². The molecule has 1 atom stereocenters. The summed E-state index contributed by atoms with van der Waals surface area (Å²) in [6.45, 7) is -0.130. The van der Waals surface area contributed by atoms with Crippen LogP contribution in [0, 0.1) is 0 Å². The average Bonchev–Trinajstić information content (AvgIpc) is 3.18. The molecule has 0 radical (unpaired) electrons. The lowest BCUT2D eigenvalue weighted by Crippen LogP contribution is -2.46. The zero-order chi connectivity index (χ0) is 19.2. The number of rotatable bonds is 6. The Morgan fingerprint density at radius 2 is 1.81 bits per heavy atom. The van der Waals surface area contributed by atoms with Crippen LogP contribution in [0.2, 0.25) is 5.02 Å². The van der Waals surface area contributed by atoms with Crippen molar-refractivity contribution in [2.24, 2.45) is 0 Å². The van der Waals surface area contributed by atoms with E-state index in [1.165, 1.54) is 11.8 Å². The van der Waals surface area contributed by atoms with Crippen molar-refractivity contribution in [2.45, 2.75) is 6.04 Å². The number of benzene rings is 2. The van der Waals surface area contributed by atoms with Gasteiger partial charge in [0.1, 0.15) is 17.5 Å². The highest BCUT2D eigenvalue weighted by Gasteiger charge is 2.34. The van der Waals surface area contributed by atoms with Gasteiger partial charge in [-0.2, -0.15) is 0 Å². The molecule has 2 aromatic carbocycles. The fourth-order valence-corrected chi connectivity index (χ4v) is 3.87. The summed E-state index contributed by atoms with van der Waals surface area (Å²) in [6.07, 6.45) is 0. The number of ether oxygens (including phenoxy) is 2. The predicted octanol–water partition coefficient (Wildman–Crippen LogP) is 3.27. The van der Waals surface area contributed by atoms with Gasteiger partial charge in [0.15, 0.2) is 6.61 Å². The van der Waals surface area contributed by atoms with E-state index in [1.807, 2.05) is 0 Å². The molecule has 0 aliphatic carbocycles. The Morgan fingerprint density at radius 1 is 1.15 bits per heavy atom. The van der Waals surface area contributed by atoms with Crippen molar-refractivity contribution in [3.63, 3.8) is 0 Å². The first-order valence-electron chi connectivity index (χ1n) is 8.27. The fraction of sp³-hybridized carbons (Fsp3) is 0.263. The summed E-state index contributed by atoms with van der Waals surface area (Å²) in [5.41, 5.74) is 0.655. The van der Waals surface area contributed by atoms with Crippen LogP contribution in [0.4, 0.5) is 5.69 Å². The lowest BCUT2D eigenvalue weighted by Gasteiger charge is -2.23. The van der Waals surface area contributed by atoms with Crippen molar-refractivity contribution in [1.82, 2.24) is 4.90 Å². The maximum Gasteiger partial charge on any atom is 0.261 e. The highest BCUT2D eigenvalue weighted by molar-refractivity contribution is 7.99. The number of hydrogen-bond donors (Lipinski definition) is 1. The topological polar surface area (TPSA) is 67.9 Å². The van der Waals surface area contributed by atoms with E-state index >= 15 is 0 Å². The number of carbonyl (C=O) groups excluding carboxylic acids is 2. The summed E-state index contributed by atoms with van der Waals surface area (Å²) in [5, 5.41) is 3.44. The number of carbonyl (C=O) groups is 2. The second-order valence-corrected chi connectivity index (χ2v) is 7.28. The van der Waals surface area contributed by atoms with E-state index in [4.69, 9.17) is 21.1 Å². The number of anilines is 1. The molecule has 2 amide bonds. The van der Waals surface area contributed by atoms with E-state index in [0.29, 0.717) is 33.8 Å². The molecule has 1 fully saturated rings. The summed E-state index contributed by atoms with van der Waals surface area (Å²) < 4.78 is 10.6. The minimum atomic E-state index is -0.529. The van der Waals surface area contributed by atoms with Gasteiger partial charge in [-0.3, -0.25) is 9.59 Å². The van der Waals surface area contributed by atoms with Gasteiger partial charge in [0, 0.05) is 16.5 Å². The molecule has 3 rings (SSSR count). The van der Waals surface area contributed by atoms with Crippen LogP contribution in [0.5, 0.6) is 11.5 Å². The second kappa shape index (κ2) is 9.01. The van der Waals surface area contributed by atoms with E-state index in [0.717, 1.165) is 0 Å². The van der Waals surface area contributed by atoms with E-state index in [1.54, 1.807) is 60.5 Å². The summed E-state index contributed by atoms with van der Waals surface area (Å²) >= 11 is 7.37. The van der Waals surface area contributed by atoms with E-state index in [-0.39, 0.29) is 18.4 Å². The normalized spacial score (nSPS) is 16.1. The Hall–Kier alpha value is -2.38. The lowest BCUT2D eigenvalue weighted by molar-refractivity contribution is -0.137. The van der Waals surface area contributed by atoms with E-state index < -0.39 is 6.04 Å². The summed E-state index contributed by atoms with van der Waals surface area (Å²) in [6, 6.07) is 13.3. The van der Waals surface area contributed by atoms with Crippen LogP contribution in [-0.4, -0.2) is 48.1 Å². The first-order valence-corrected chi connectivity index (χ1v) is 9.80. The summed E-state index contributed by atoms with van der Waals surface area (Å²) in [4.78, 5) is 26.6. The van der Waals surface area contributed by atoms with Gasteiger partial charge in [-0.1, -0.05) is 11.6 Å². The van der Waals surface area contributed by atoms with Gasteiger partial charge < -0.3 is 19.7 Å². The molecule has 1 saturated heterocycles. The maximum absolute atomic E-state index is 12.6.